The minimum absolute atomic E-state index is 0.258. The molecule has 29 heavy (non-hydrogen) atoms. The van der Waals surface area contributed by atoms with Crippen LogP contribution in [-0.2, 0) is 9.53 Å². The minimum atomic E-state index is -0.970. The molecule has 0 spiro atoms. The predicted molar refractivity (Wildman–Crippen MR) is 104 cm³/mol. The molecule has 2 amide bonds. The molecule has 1 aliphatic heterocycles. The van der Waals surface area contributed by atoms with E-state index in [0.717, 1.165) is 11.9 Å². The zero-order valence-corrected chi connectivity index (χ0v) is 16.0. The monoisotopic (exact) mass is 404 g/mol. The molecule has 0 aliphatic carbocycles. The van der Waals surface area contributed by atoms with Gasteiger partial charge in [0.1, 0.15) is 24.1 Å². The molecular formula is C20H22F2N4O3. The summed E-state index contributed by atoms with van der Waals surface area (Å²) >= 11 is 0. The largest absolute Gasteiger partial charge is 0.372 e. The number of carbonyl (C=O) groups excluding carboxylic acids is 2. The van der Waals surface area contributed by atoms with E-state index in [2.05, 4.69) is 10.3 Å². The highest BCUT2D eigenvalue weighted by Crippen LogP contribution is 2.22. The summed E-state index contributed by atoms with van der Waals surface area (Å²) in [5.74, 6) is -2.25. The second kappa shape index (κ2) is 9.42. The highest BCUT2D eigenvalue weighted by Gasteiger charge is 2.26. The van der Waals surface area contributed by atoms with Crippen molar-refractivity contribution >= 4 is 23.3 Å². The Kier molecular flexibility index (Phi) is 6.71. The van der Waals surface area contributed by atoms with Crippen molar-refractivity contribution in [2.45, 2.75) is 6.92 Å². The number of hydrogen-bond donors (Lipinski definition) is 1. The molecule has 0 atom stereocenters. The zero-order valence-electron chi connectivity index (χ0n) is 16.0. The number of halogens is 2. The van der Waals surface area contributed by atoms with Crippen LogP contribution in [0.5, 0.6) is 0 Å². The molecule has 1 N–H and O–H groups in total. The lowest BCUT2D eigenvalue weighted by Gasteiger charge is -2.35. The number of aromatic nitrogens is 1. The van der Waals surface area contributed by atoms with Crippen molar-refractivity contribution in [3.63, 3.8) is 0 Å². The van der Waals surface area contributed by atoms with Crippen LogP contribution in [0.1, 0.15) is 17.3 Å². The summed E-state index contributed by atoms with van der Waals surface area (Å²) in [5.41, 5.74) is -0.545. The Balaban J connectivity index is 1.69. The summed E-state index contributed by atoms with van der Waals surface area (Å²) in [5, 5.41) is 2.31. The molecule has 7 nitrogen and oxygen atoms in total. The van der Waals surface area contributed by atoms with E-state index in [1.54, 1.807) is 13.1 Å². The molecule has 3 rings (SSSR count). The van der Waals surface area contributed by atoms with Crippen LogP contribution in [0.25, 0.3) is 0 Å². The highest BCUT2D eigenvalue weighted by atomic mass is 19.1. The standard InChI is InChI=1S/C20H22F2N4O3/c1-2-29-13-19(27)24-17-11-14(15(21)12-16(17)22)20(28)26-9-7-25(8-10-26)18-5-3-4-6-23-18/h3-6,11-12H,2,7-10,13H2,1H3,(H,24,27). The molecule has 0 bridgehead atoms. The number of pyridine rings is 1. The molecule has 1 aliphatic rings. The third-order valence-corrected chi connectivity index (χ3v) is 4.54. The van der Waals surface area contributed by atoms with E-state index in [1.807, 2.05) is 23.1 Å². The van der Waals surface area contributed by atoms with E-state index in [0.29, 0.717) is 38.9 Å². The average molecular weight is 404 g/mol. The summed E-state index contributed by atoms with van der Waals surface area (Å²) in [4.78, 5) is 32.4. The van der Waals surface area contributed by atoms with E-state index in [4.69, 9.17) is 4.74 Å². The Morgan fingerprint density at radius 2 is 1.90 bits per heavy atom. The normalized spacial score (nSPS) is 14.0. The second-order valence-corrected chi connectivity index (χ2v) is 6.46. The van der Waals surface area contributed by atoms with Crippen molar-refractivity contribution in [1.29, 1.82) is 0 Å². The fourth-order valence-electron chi connectivity index (χ4n) is 3.04. The second-order valence-electron chi connectivity index (χ2n) is 6.46. The van der Waals surface area contributed by atoms with E-state index in [1.165, 1.54) is 4.90 Å². The molecule has 1 aromatic carbocycles. The van der Waals surface area contributed by atoms with Gasteiger partial charge in [-0.05, 0) is 25.1 Å². The molecule has 2 heterocycles. The number of anilines is 2. The first-order valence-electron chi connectivity index (χ1n) is 9.31. The molecule has 1 fully saturated rings. The smallest absolute Gasteiger partial charge is 0.257 e. The SMILES string of the molecule is CCOCC(=O)Nc1cc(C(=O)N2CCN(c3ccccn3)CC2)c(F)cc1F. The number of amides is 2. The van der Waals surface area contributed by atoms with Gasteiger partial charge in [-0.2, -0.15) is 0 Å². The van der Waals surface area contributed by atoms with E-state index in [-0.39, 0.29) is 17.9 Å². The Morgan fingerprint density at radius 1 is 1.14 bits per heavy atom. The Labute approximate surface area is 167 Å². The quantitative estimate of drug-likeness (QED) is 0.800. The van der Waals surface area contributed by atoms with Gasteiger partial charge in [-0.3, -0.25) is 9.59 Å². The van der Waals surface area contributed by atoms with Gasteiger partial charge in [0.15, 0.2) is 0 Å². The van der Waals surface area contributed by atoms with E-state index >= 15 is 0 Å². The molecule has 1 aromatic heterocycles. The summed E-state index contributed by atoms with van der Waals surface area (Å²) in [6, 6.07) is 7.23. The molecule has 9 heteroatoms. The predicted octanol–water partition coefficient (Wildman–Crippen LogP) is 2.30. The summed E-state index contributed by atoms with van der Waals surface area (Å²) in [7, 11) is 0. The van der Waals surface area contributed by atoms with Gasteiger partial charge in [0.25, 0.3) is 5.91 Å². The maximum Gasteiger partial charge on any atom is 0.257 e. The van der Waals surface area contributed by atoms with Crippen molar-refractivity contribution < 1.29 is 23.1 Å². The maximum atomic E-state index is 14.3. The number of benzene rings is 1. The zero-order chi connectivity index (χ0) is 20.8. The topological polar surface area (TPSA) is 74.8 Å². The van der Waals surface area contributed by atoms with Crippen LogP contribution in [0.15, 0.2) is 36.5 Å². The van der Waals surface area contributed by atoms with Crippen LogP contribution in [0.2, 0.25) is 0 Å². The Bertz CT molecular complexity index is 872. The van der Waals surface area contributed by atoms with Gasteiger partial charge < -0.3 is 19.9 Å². The summed E-state index contributed by atoms with van der Waals surface area (Å²) in [6.45, 7) is 3.62. The molecule has 154 valence electrons. The number of hydrogen-bond acceptors (Lipinski definition) is 5. The lowest BCUT2D eigenvalue weighted by Crippen LogP contribution is -2.49. The third-order valence-electron chi connectivity index (χ3n) is 4.54. The van der Waals surface area contributed by atoms with Crippen LogP contribution in [0, 0.1) is 11.6 Å². The highest BCUT2D eigenvalue weighted by molar-refractivity contribution is 5.98. The van der Waals surface area contributed by atoms with Crippen LogP contribution < -0.4 is 10.2 Å². The molecule has 2 aromatic rings. The molecule has 1 saturated heterocycles. The number of rotatable bonds is 6. The lowest BCUT2D eigenvalue weighted by atomic mass is 10.1. The van der Waals surface area contributed by atoms with Gasteiger partial charge in [0.2, 0.25) is 5.91 Å². The Hall–Kier alpha value is -3.07. The number of nitrogens with zero attached hydrogens (tertiary/aromatic N) is 3. The lowest BCUT2D eigenvalue weighted by molar-refractivity contribution is -0.120. The number of carbonyl (C=O) groups is 2. The van der Waals surface area contributed by atoms with E-state index in [9.17, 15) is 18.4 Å². The first kappa shape index (κ1) is 20.7. The van der Waals surface area contributed by atoms with E-state index < -0.39 is 23.4 Å². The van der Waals surface area contributed by atoms with Crippen molar-refractivity contribution in [1.82, 2.24) is 9.88 Å². The fourth-order valence-corrected chi connectivity index (χ4v) is 3.04. The molecule has 0 radical (unpaired) electrons. The molecular weight excluding hydrogens is 382 g/mol. The first-order chi connectivity index (χ1) is 14.0. The van der Waals surface area contributed by atoms with Gasteiger partial charge in [-0.15, -0.1) is 0 Å². The average Bonchev–Trinajstić information content (AvgIpc) is 2.74. The molecule has 0 saturated carbocycles. The Morgan fingerprint density at radius 3 is 2.55 bits per heavy atom. The van der Waals surface area contributed by atoms with Gasteiger partial charge >= 0.3 is 0 Å². The van der Waals surface area contributed by atoms with Crippen molar-refractivity contribution in [3.8, 4) is 0 Å². The van der Waals surface area contributed by atoms with Crippen molar-refractivity contribution in [3.05, 3.63) is 53.7 Å². The minimum Gasteiger partial charge on any atom is -0.372 e. The first-order valence-corrected chi connectivity index (χ1v) is 9.31. The fraction of sp³-hybridized carbons (Fsp3) is 0.350. The number of ether oxygens (including phenoxy) is 1. The maximum absolute atomic E-state index is 14.3. The third kappa shape index (κ3) is 5.05. The van der Waals surface area contributed by atoms with Gasteiger partial charge in [-0.25, -0.2) is 13.8 Å². The van der Waals surface area contributed by atoms with Crippen LogP contribution >= 0.6 is 0 Å². The van der Waals surface area contributed by atoms with Crippen LogP contribution in [0.4, 0.5) is 20.3 Å². The van der Waals surface area contributed by atoms with Crippen molar-refractivity contribution in [2.24, 2.45) is 0 Å². The summed E-state index contributed by atoms with van der Waals surface area (Å²) < 4.78 is 33.3. The van der Waals surface area contributed by atoms with Crippen molar-refractivity contribution in [2.75, 3.05) is 49.6 Å². The van der Waals surface area contributed by atoms with Gasteiger partial charge in [0, 0.05) is 45.0 Å². The number of nitrogens with one attached hydrogen (secondary N) is 1. The van der Waals surface area contributed by atoms with Crippen LogP contribution in [-0.4, -0.2) is 61.1 Å². The van der Waals surface area contributed by atoms with Gasteiger partial charge in [-0.1, -0.05) is 6.07 Å². The molecule has 0 unspecified atom stereocenters. The summed E-state index contributed by atoms with van der Waals surface area (Å²) in [6.07, 6.45) is 1.70. The number of piperazine rings is 1. The van der Waals surface area contributed by atoms with Crippen LogP contribution in [0.3, 0.4) is 0 Å². The van der Waals surface area contributed by atoms with Gasteiger partial charge in [0.05, 0.1) is 11.3 Å².